The molecule has 5 N–H and O–H groups in total. The van der Waals surface area contributed by atoms with E-state index in [1.807, 2.05) is 43.6 Å². The molecule has 1 fully saturated rings. The first-order chi connectivity index (χ1) is 30.0. The molecule has 5 unspecified atom stereocenters. The minimum absolute atomic E-state index is 0.0352. The van der Waals surface area contributed by atoms with Crippen molar-refractivity contribution in [1.29, 1.82) is 0 Å². The Hall–Kier alpha value is -6.23. The molecule has 1 aliphatic heterocycles. The molecule has 1 saturated heterocycles. The van der Waals surface area contributed by atoms with E-state index in [0.29, 0.717) is 17.9 Å². The molecule has 15 heteroatoms. The number of phenols is 2. The smallest absolute Gasteiger partial charge is 0.202 e. The number of benzene rings is 3. The molecular weight excluding hydrogens is 811 g/mol. The van der Waals surface area contributed by atoms with E-state index in [1.54, 1.807) is 41.4 Å². The maximum absolute atomic E-state index is 14.0. The van der Waals surface area contributed by atoms with Gasteiger partial charge >= 0.3 is 0 Å². The van der Waals surface area contributed by atoms with Gasteiger partial charge in [0, 0.05) is 87.9 Å². The number of aliphatic hydroxyl groups is 2. The summed E-state index contributed by atoms with van der Waals surface area (Å²) in [5.41, 5.74) is 0.264. The molecule has 0 radical (unpaired) electrons. The average Bonchev–Trinajstić information content (AvgIpc) is 3.86. The van der Waals surface area contributed by atoms with Crippen molar-refractivity contribution in [1.82, 2.24) is 14.5 Å². The Kier molecular flexibility index (Phi) is 11.6. The number of hydrogen-bond acceptors (Lipinski definition) is 13. The number of aromatic hydroxyl groups is 2. The summed E-state index contributed by atoms with van der Waals surface area (Å²) in [4.78, 5) is 66.9. The van der Waals surface area contributed by atoms with E-state index in [9.17, 15) is 44.4 Å². The Morgan fingerprint density at radius 3 is 2.24 bits per heavy atom. The molecule has 5 aromatic rings. The molecule has 15 nitrogen and oxygen atoms in total. The lowest BCUT2D eigenvalue weighted by Gasteiger charge is -2.43. The number of ether oxygens (including phenoxy) is 3. The molecule has 328 valence electrons. The van der Waals surface area contributed by atoms with Crippen LogP contribution >= 0.6 is 0 Å². The number of Topliss-reactive ketones (excluding diaryl/α,β-unsaturated/α-hetero) is 3. The highest BCUT2D eigenvalue weighted by Gasteiger charge is 2.49. The van der Waals surface area contributed by atoms with Crippen molar-refractivity contribution in [2.75, 3.05) is 7.11 Å². The van der Waals surface area contributed by atoms with Crippen LogP contribution in [0.4, 0.5) is 0 Å². The second-order valence-electron chi connectivity index (χ2n) is 16.8. The first-order valence-corrected chi connectivity index (χ1v) is 20.7. The molecule has 2 aromatic heterocycles. The van der Waals surface area contributed by atoms with Gasteiger partial charge in [-0.3, -0.25) is 24.0 Å². The molecule has 6 atom stereocenters. The van der Waals surface area contributed by atoms with Gasteiger partial charge in [0.05, 0.1) is 53.5 Å². The van der Waals surface area contributed by atoms with Crippen LogP contribution in [0.15, 0.2) is 73.1 Å². The number of nitrogens with zero attached hydrogens (tertiary/aromatic N) is 2. The lowest BCUT2D eigenvalue weighted by molar-refractivity contribution is -0.249. The van der Waals surface area contributed by atoms with Crippen LogP contribution in [0.1, 0.15) is 113 Å². The van der Waals surface area contributed by atoms with Gasteiger partial charge in [0.15, 0.2) is 29.4 Å². The van der Waals surface area contributed by atoms with E-state index in [0.717, 1.165) is 16.7 Å². The van der Waals surface area contributed by atoms with E-state index in [1.165, 1.54) is 32.2 Å². The summed E-state index contributed by atoms with van der Waals surface area (Å²) in [6, 6.07) is 16.7. The van der Waals surface area contributed by atoms with Crippen molar-refractivity contribution in [2.24, 2.45) is 14.1 Å². The number of ketones is 5. The SMILES string of the molecule is COc1cccc2c1C(=O)c1c(O)c3c(c(O)c1C2=O)C[C@@](O)(C(C)=O)CC3OC1CC(NCc2ccc(CC(=O)c3cc(CC(=O)c4cccn4C)cn3C)cc2)C(O)C(C)O1. The summed E-state index contributed by atoms with van der Waals surface area (Å²) in [5.74, 6) is -3.44. The van der Waals surface area contributed by atoms with E-state index in [2.05, 4.69) is 5.32 Å². The van der Waals surface area contributed by atoms with Crippen LogP contribution in [0.2, 0.25) is 0 Å². The molecule has 2 aliphatic carbocycles. The number of aliphatic hydroxyl groups excluding tert-OH is 1. The van der Waals surface area contributed by atoms with Gasteiger partial charge < -0.3 is 49.1 Å². The maximum atomic E-state index is 14.0. The monoisotopic (exact) mass is 859 g/mol. The molecule has 0 saturated carbocycles. The molecule has 0 amide bonds. The normalized spacial score (nSPS) is 22.9. The molecule has 0 spiro atoms. The second kappa shape index (κ2) is 16.8. The summed E-state index contributed by atoms with van der Waals surface area (Å²) < 4.78 is 21.3. The first kappa shape index (κ1) is 43.4. The fourth-order valence-corrected chi connectivity index (χ4v) is 9.16. The minimum atomic E-state index is -2.07. The summed E-state index contributed by atoms with van der Waals surface area (Å²) in [7, 11) is 4.93. The van der Waals surface area contributed by atoms with Crippen molar-refractivity contribution < 1.29 is 58.6 Å². The number of aryl methyl sites for hydroxylation is 2. The van der Waals surface area contributed by atoms with Crippen LogP contribution in [0, 0.1) is 0 Å². The molecule has 3 heterocycles. The Labute approximate surface area is 362 Å². The van der Waals surface area contributed by atoms with E-state index in [4.69, 9.17) is 14.2 Å². The number of nitrogens with one attached hydrogen (secondary N) is 1. The molecule has 0 bridgehead atoms. The average molecular weight is 860 g/mol. The molecule has 3 aromatic carbocycles. The van der Waals surface area contributed by atoms with Crippen molar-refractivity contribution in [3.05, 3.63) is 135 Å². The number of rotatable bonds is 13. The second-order valence-corrected chi connectivity index (χ2v) is 16.8. The zero-order valence-electron chi connectivity index (χ0n) is 35.5. The van der Waals surface area contributed by atoms with Crippen molar-refractivity contribution in [3.8, 4) is 17.2 Å². The highest BCUT2D eigenvalue weighted by Crippen LogP contribution is 2.52. The fourth-order valence-electron chi connectivity index (χ4n) is 9.16. The molecular formula is C48H49N3O12. The predicted octanol–water partition coefficient (Wildman–Crippen LogP) is 4.39. The van der Waals surface area contributed by atoms with Gasteiger partial charge in [0.1, 0.15) is 22.8 Å². The van der Waals surface area contributed by atoms with Gasteiger partial charge in [-0.25, -0.2) is 0 Å². The fraction of sp³-hybridized carbons (Fsp3) is 0.354. The zero-order valence-corrected chi connectivity index (χ0v) is 35.5. The largest absolute Gasteiger partial charge is 0.507 e. The van der Waals surface area contributed by atoms with Crippen LogP contribution < -0.4 is 10.1 Å². The molecule has 8 rings (SSSR count). The first-order valence-electron chi connectivity index (χ1n) is 20.7. The van der Waals surface area contributed by atoms with Crippen molar-refractivity contribution in [2.45, 2.75) is 88.7 Å². The topological polar surface area (TPSA) is 216 Å². The van der Waals surface area contributed by atoms with Gasteiger partial charge in [-0.1, -0.05) is 36.4 Å². The lowest BCUT2D eigenvalue weighted by Crippen LogP contribution is -2.54. The zero-order chi connectivity index (χ0) is 45.1. The van der Waals surface area contributed by atoms with Crippen LogP contribution in [0.3, 0.4) is 0 Å². The number of aromatic nitrogens is 2. The lowest BCUT2D eigenvalue weighted by atomic mass is 9.72. The molecule has 3 aliphatic rings. The number of fused-ring (bicyclic) bond motifs is 3. The van der Waals surface area contributed by atoms with Crippen LogP contribution in [-0.2, 0) is 54.2 Å². The Morgan fingerprint density at radius 1 is 0.873 bits per heavy atom. The predicted molar refractivity (Wildman–Crippen MR) is 226 cm³/mol. The third-order valence-electron chi connectivity index (χ3n) is 12.7. The Balaban J connectivity index is 0.964. The number of phenolic OH excluding ortho intramolecular Hbond substituents is 2. The highest BCUT2D eigenvalue weighted by atomic mass is 16.7. The number of methoxy groups -OCH3 is 1. The van der Waals surface area contributed by atoms with E-state index >= 15 is 0 Å². The minimum Gasteiger partial charge on any atom is -0.507 e. The van der Waals surface area contributed by atoms with Gasteiger partial charge in [-0.2, -0.15) is 0 Å². The summed E-state index contributed by atoms with van der Waals surface area (Å²) in [6.45, 7) is 3.17. The van der Waals surface area contributed by atoms with Crippen LogP contribution in [0.25, 0.3) is 0 Å². The maximum Gasteiger partial charge on any atom is 0.202 e. The van der Waals surface area contributed by atoms with Gasteiger partial charge in [0.25, 0.3) is 0 Å². The number of carbonyl (C=O) groups is 5. The third-order valence-corrected chi connectivity index (χ3v) is 12.7. The van der Waals surface area contributed by atoms with Crippen LogP contribution in [-0.4, -0.2) is 95.7 Å². The standard InChI is InChI=1S/C48H49N3O12/c1-24-43(55)31(49-22-27-13-11-26(12-14-27)17-35(54)33-16-28(23-51(33)4)18-34(53)32-9-7-15-50(32)3)19-38(62-24)63-37-21-48(60,25(2)52)20-30-40(37)47(59)42-41(45(30)57)44(56)29-8-6-10-36(61-5)39(29)46(42)58/h6-16,23-24,31,37-38,43,49,55,57,59-60H,17-22H2,1-5H3/t24?,31?,37?,38?,43?,48-/m0/s1. The third kappa shape index (κ3) is 7.91. The number of carbonyl (C=O) groups excluding carboxylic acids is 5. The van der Waals surface area contributed by atoms with E-state index in [-0.39, 0.29) is 65.3 Å². The Bertz CT molecular complexity index is 2680. The quantitative estimate of drug-likeness (QED) is 0.0806. The van der Waals surface area contributed by atoms with Gasteiger partial charge in [-0.05, 0) is 54.8 Å². The number of hydrogen-bond donors (Lipinski definition) is 5. The summed E-state index contributed by atoms with van der Waals surface area (Å²) in [6.07, 6.45) is -0.904. The van der Waals surface area contributed by atoms with E-state index < -0.39 is 82.6 Å². The molecule has 63 heavy (non-hydrogen) atoms. The highest BCUT2D eigenvalue weighted by molar-refractivity contribution is 6.31. The van der Waals surface area contributed by atoms with Gasteiger partial charge in [0.2, 0.25) is 5.78 Å². The summed E-state index contributed by atoms with van der Waals surface area (Å²) in [5, 5.41) is 49.7. The Morgan fingerprint density at radius 2 is 1.56 bits per heavy atom. The van der Waals surface area contributed by atoms with Crippen molar-refractivity contribution >= 4 is 28.9 Å². The van der Waals surface area contributed by atoms with Gasteiger partial charge in [-0.15, -0.1) is 0 Å². The van der Waals surface area contributed by atoms with Crippen LogP contribution in [0.5, 0.6) is 17.2 Å². The summed E-state index contributed by atoms with van der Waals surface area (Å²) >= 11 is 0. The van der Waals surface area contributed by atoms with Crippen molar-refractivity contribution in [3.63, 3.8) is 0 Å².